The van der Waals surface area contributed by atoms with Crippen molar-refractivity contribution in [2.24, 2.45) is 0 Å². The lowest BCUT2D eigenvalue weighted by Crippen LogP contribution is -2.38. The summed E-state index contributed by atoms with van der Waals surface area (Å²) in [5, 5.41) is 17.3. The van der Waals surface area contributed by atoms with Gasteiger partial charge in [0.15, 0.2) is 5.82 Å². The number of aromatic amines is 1. The van der Waals surface area contributed by atoms with Crippen LogP contribution in [0.25, 0.3) is 38.0 Å². The quantitative estimate of drug-likeness (QED) is 0.415. The molecule has 1 aliphatic heterocycles. The van der Waals surface area contributed by atoms with Crippen molar-refractivity contribution in [2.75, 3.05) is 32.8 Å². The molecule has 0 atom stereocenters. The molecule has 0 radical (unpaired) electrons. The predicted molar refractivity (Wildman–Crippen MR) is 125 cm³/mol. The van der Waals surface area contributed by atoms with Gasteiger partial charge in [0, 0.05) is 37.6 Å². The van der Waals surface area contributed by atoms with E-state index in [2.05, 4.69) is 42.5 Å². The molecule has 0 aromatic carbocycles. The molecule has 168 valence electrons. The van der Waals surface area contributed by atoms with Crippen LogP contribution in [-0.2, 0) is 11.3 Å². The average molecular weight is 462 g/mol. The number of nitrogens with zero attached hydrogens (tertiary/aromatic N) is 8. The summed E-state index contributed by atoms with van der Waals surface area (Å²) >= 11 is 1.58. The SMILES string of the molecule is Cc1nn2ccccc2c1-c1nc(-c2cnn(CCN3CCOCC3)c2)c(-c2nc[nH]n2)s1. The first-order valence-electron chi connectivity index (χ1n) is 10.9. The van der Waals surface area contributed by atoms with Gasteiger partial charge in [-0.1, -0.05) is 6.07 Å². The number of pyridine rings is 1. The van der Waals surface area contributed by atoms with E-state index in [1.165, 1.54) is 0 Å². The summed E-state index contributed by atoms with van der Waals surface area (Å²) in [6, 6.07) is 6.05. The number of nitrogens with one attached hydrogen (secondary N) is 1. The first kappa shape index (κ1) is 20.2. The van der Waals surface area contributed by atoms with Crippen LogP contribution in [0.2, 0.25) is 0 Å². The van der Waals surface area contributed by atoms with Crippen molar-refractivity contribution < 1.29 is 4.74 Å². The van der Waals surface area contributed by atoms with Crippen LogP contribution in [0.1, 0.15) is 5.69 Å². The minimum absolute atomic E-state index is 0.629. The van der Waals surface area contributed by atoms with E-state index in [9.17, 15) is 0 Å². The summed E-state index contributed by atoms with van der Waals surface area (Å²) in [6.45, 7) is 7.32. The van der Waals surface area contributed by atoms with Crippen molar-refractivity contribution in [3.05, 3.63) is 48.8 Å². The molecular formula is C22H23N9OS. The lowest BCUT2D eigenvalue weighted by Gasteiger charge is -2.26. The average Bonchev–Trinajstić information content (AvgIpc) is 3.63. The zero-order valence-electron chi connectivity index (χ0n) is 18.2. The predicted octanol–water partition coefficient (Wildman–Crippen LogP) is 2.75. The standard InChI is InChI=1S/C22H23N9OS/c1-15-18(17-4-2-3-5-31(17)28-15)22-26-19(20(33-22)21-23-14-24-27-21)16-12-25-30(13-16)7-6-29-8-10-32-11-9-29/h2-5,12-14H,6-11H2,1H3,(H,23,24,27). The number of hydrogen-bond donors (Lipinski definition) is 1. The summed E-state index contributed by atoms with van der Waals surface area (Å²) in [7, 11) is 0. The van der Waals surface area contributed by atoms with E-state index in [4.69, 9.17) is 9.72 Å². The fourth-order valence-electron chi connectivity index (χ4n) is 4.15. The Labute approximate surface area is 193 Å². The van der Waals surface area contributed by atoms with Crippen LogP contribution >= 0.6 is 11.3 Å². The molecule has 0 unspecified atom stereocenters. The third-order valence-electron chi connectivity index (χ3n) is 5.83. The van der Waals surface area contributed by atoms with Crippen molar-refractivity contribution in [1.29, 1.82) is 0 Å². The molecule has 10 nitrogen and oxygen atoms in total. The van der Waals surface area contributed by atoms with Crippen LogP contribution in [0.15, 0.2) is 43.1 Å². The number of aromatic nitrogens is 8. The number of fused-ring (bicyclic) bond motifs is 1. The Hall–Kier alpha value is -3.41. The molecule has 0 bridgehead atoms. The zero-order chi connectivity index (χ0) is 22.2. The maximum Gasteiger partial charge on any atom is 0.193 e. The number of aryl methyl sites for hydroxylation is 1. The lowest BCUT2D eigenvalue weighted by atomic mass is 10.2. The van der Waals surface area contributed by atoms with Crippen molar-refractivity contribution in [2.45, 2.75) is 13.5 Å². The molecule has 1 N–H and O–H groups in total. The molecule has 1 saturated heterocycles. The maximum atomic E-state index is 5.44. The Morgan fingerprint density at radius 1 is 1.18 bits per heavy atom. The van der Waals surface area contributed by atoms with Gasteiger partial charge in [0.25, 0.3) is 0 Å². The summed E-state index contributed by atoms with van der Waals surface area (Å²) in [5.41, 5.74) is 4.78. The minimum atomic E-state index is 0.629. The summed E-state index contributed by atoms with van der Waals surface area (Å²) < 4.78 is 9.31. The van der Waals surface area contributed by atoms with Gasteiger partial charge in [-0.2, -0.15) is 15.3 Å². The zero-order valence-corrected chi connectivity index (χ0v) is 19.0. The fourth-order valence-corrected chi connectivity index (χ4v) is 5.28. The van der Waals surface area contributed by atoms with Gasteiger partial charge >= 0.3 is 0 Å². The molecule has 5 aromatic heterocycles. The number of morpholine rings is 1. The van der Waals surface area contributed by atoms with Crippen LogP contribution in [-0.4, -0.2) is 77.3 Å². The fraction of sp³-hybridized carbons (Fsp3) is 0.318. The van der Waals surface area contributed by atoms with Crippen LogP contribution in [0, 0.1) is 6.92 Å². The Bertz CT molecular complexity index is 1380. The van der Waals surface area contributed by atoms with E-state index in [1.54, 1.807) is 17.7 Å². The van der Waals surface area contributed by atoms with Gasteiger partial charge in [0.2, 0.25) is 0 Å². The second-order valence-electron chi connectivity index (χ2n) is 7.96. The van der Waals surface area contributed by atoms with E-state index in [1.807, 2.05) is 40.6 Å². The monoisotopic (exact) mass is 461 g/mol. The third-order valence-corrected chi connectivity index (χ3v) is 6.90. The molecule has 6 heterocycles. The Balaban J connectivity index is 1.36. The molecule has 0 aliphatic carbocycles. The molecule has 5 aromatic rings. The highest BCUT2D eigenvalue weighted by atomic mass is 32.1. The Morgan fingerprint density at radius 3 is 2.94 bits per heavy atom. The van der Waals surface area contributed by atoms with Crippen LogP contribution < -0.4 is 0 Å². The highest BCUT2D eigenvalue weighted by Crippen LogP contribution is 2.41. The first-order valence-corrected chi connectivity index (χ1v) is 11.7. The van der Waals surface area contributed by atoms with E-state index in [0.717, 1.165) is 77.3 Å². The van der Waals surface area contributed by atoms with Gasteiger partial charge in [-0.05, 0) is 19.1 Å². The second-order valence-corrected chi connectivity index (χ2v) is 8.96. The van der Waals surface area contributed by atoms with E-state index in [0.29, 0.717) is 5.82 Å². The van der Waals surface area contributed by atoms with Gasteiger partial charge in [0.05, 0.1) is 48.4 Å². The van der Waals surface area contributed by atoms with Gasteiger partial charge in [-0.15, -0.1) is 11.3 Å². The van der Waals surface area contributed by atoms with Crippen LogP contribution in [0.3, 0.4) is 0 Å². The van der Waals surface area contributed by atoms with Crippen LogP contribution in [0.4, 0.5) is 0 Å². The molecule has 0 amide bonds. The van der Waals surface area contributed by atoms with Crippen molar-refractivity contribution in [1.82, 2.24) is 44.5 Å². The minimum Gasteiger partial charge on any atom is -0.379 e. The second kappa shape index (κ2) is 8.50. The molecule has 33 heavy (non-hydrogen) atoms. The smallest absolute Gasteiger partial charge is 0.193 e. The van der Waals surface area contributed by atoms with Crippen molar-refractivity contribution in [3.63, 3.8) is 0 Å². The number of thiazole rings is 1. The van der Waals surface area contributed by atoms with Gasteiger partial charge in [-0.25, -0.2) is 14.5 Å². The molecular weight excluding hydrogens is 438 g/mol. The van der Waals surface area contributed by atoms with Gasteiger partial charge in [-0.3, -0.25) is 14.7 Å². The Morgan fingerprint density at radius 2 is 2.09 bits per heavy atom. The molecule has 6 rings (SSSR count). The molecule has 0 spiro atoms. The molecule has 1 aliphatic rings. The van der Waals surface area contributed by atoms with Gasteiger partial charge < -0.3 is 4.74 Å². The van der Waals surface area contributed by atoms with Gasteiger partial charge in [0.1, 0.15) is 16.2 Å². The molecule has 11 heteroatoms. The largest absolute Gasteiger partial charge is 0.379 e. The lowest BCUT2D eigenvalue weighted by molar-refractivity contribution is 0.0360. The normalized spacial score (nSPS) is 14.9. The van der Waals surface area contributed by atoms with E-state index in [-0.39, 0.29) is 0 Å². The highest BCUT2D eigenvalue weighted by molar-refractivity contribution is 7.19. The molecule has 0 saturated carbocycles. The summed E-state index contributed by atoms with van der Waals surface area (Å²) in [4.78, 5) is 12.8. The van der Waals surface area contributed by atoms with Crippen molar-refractivity contribution in [3.8, 4) is 32.5 Å². The number of ether oxygens (including phenoxy) is 1. The van der Waals surface area contributed by atoms with E-state index < -0.39 is 0 Å². The summed E-state index contributed by atoms with van der Waals surface area (Å²) in [5.74, 6) is 0.629. The van der Waals surface area contributed by atoms with E-state index >= 15 is 0 Å². The number of H-pyrrole nitrogens is 1. The third kappa shape index (κ3) is 3.84. The summed E-state index contributed by atoms with van der Waals surface area (Å²) in [6.07, 6.45) is 7.47. The van der Waals surface area contributed by atoms with Crippen molar-refractivity contribution >= 4 is 16.9 Å². The van der Waals surface area contributed by atoms with Crippen LogP contribution in [0.5, 0.6) is 0 Å². The number of rotatable bonds is 6. The highest BCUT2D eigenvalue weighted by Gasteiger charge is 2.23. The topological polar surface area (TPSA) is 102 Å². The first-order chi connectivity index (χ1) is 16.3. The Kier molecular flexibility index (Phi) is 5.21. The molecule has 1 fully saturated rings. The number of hydrogen-bond acceptors (Lipinski definition) is 8. The maximum absolute atomic E-state index is 5.44.